The molecule has 0 aromatic heterocycles. The van der Waals surface area contributed by atoms with Crippen LogP contribution in [-0.2, 0) is 9.59 Å². The Morgan fingerprint density at radius 3 is 2.52 bits per heavy atom. The molecule has 0 atom stereocenters. The molecule has 1 rings (SSSR count). The summed E-state index contributed by atoms with van der Waals surface area (Å²) in [6.07, 6.45) is 2.87. The molecule has 0 heterocycles. The van der Waals surface area contributed by atoms with E-state index in [9.17, 15) is 9.59 Å². The third-order valence-electron chi connectivity index (χ3n) is 3.28. The van der Waals surface area contributed by atoms with Gasteiger partial charge in [-0.1, -0.05) is 38.0 Å². The normalized spacial score (nSPS) is 10.2. The van der Waals surface area contributed by atoms with Crippen molar-refractivity contribution in [3.8, 4) is 0 Å². The third kappa shape index (κ3) is 5.55. The van der Waals surface area contributed by atoms with Crippen molar-refractivity contribution in [2.75, 3.05) is 25.0 Å². The van der Waals surface area contributed by atoms with Gasteiger partial charge < -0.3 is 15.3 Å². The number of unbranched alkanes of at least 4 members (excludes halogenated alkanes) is 2. The van der Waals surface area contributed by atoms with Crippen molar-refractivity contribution in [1.82, 2.24) is 4.90 Å². The predicted octanol–water partition coefficient (Wildman–Crippen LogP) is 1.94. The number of aryl methyl sites for hydroxylation is 1. The lowest BCUT2D eigenvalue weighted by molar-refractivity contribution is -0.143. The van der Waals surface area contributed by atoms with E-state index in [1.807, 2.05) is 19.1 Å². The molecular weight excluding hydrogens is 268 g/mol. The highest BCUT2D eigenvalue weighted by molar-refractivity contribution is 6.39. The van der Waals surface area contributed by atoms with Crippen LogP contribution in [0.2, 0.25) is 0 Å². The predicted molar refractivity (Wildman–Crippen MR) is 83.0 cm³/mol. The summed E-state index contributed by atoms with van der Waals surface area (Å²) in [7, 11) is 0. The summed E-state index contributed by atoms with van der Waals surface area (Å²) in [4.78, 5) is 25.6. The number of para-hydroxylation sites is 1. The van der Waals surface area contributed by atoms with Gasteiger partial charge in [0.05, 0.1) is 6.61 Å². The second-order valence-corrected chi connectivity index (χ2v) is 4.99. The van der Waals surface area contributed by atoms with E-state index in [1.54, 1.807) is 12.1 Å². The average molecular weight is 292 g/mol. The SMILES string of the molecule is CCCCCN(CCO)C(=O)C(=O)Nc1ccccc1C. The second-order valence-electron chi connectivity index (χ2n) is 4.99. The first-order valence-electron chi connectivity index (χ1n) is 7.36. The number of aliphatic hydroxyl groups excluding tert-OH is 1. The molecule has 0 bridgehead atoms. The van der Waals surface area contributed by atoms with Gasteiger partial charge in [-0.05, 0) is 25.0 Å². The van der Waals surface area contributed by atoms with Gasteiger partial charge in [-0.3, -0.25) is 9.59 Å². The minimum Gasteiger partial charge on any atom is -0.395 e. The molecule has 2 N–H and O–H groups in total. The Labute approximate surface area is 126 Å². The number of anilines is 1. The fraction of sp³-hybridized carbons (Fsp3) is 0.500. The van der Waals surface area contributed by atoms with Gasteiger partial charge in [0.1, 0.15) is 0 Å². The maximum Gasteiger partial charge on any atom is 0.313 e. The highest BCUT2D eigenvalue weighted by Crippen LogP contribution is 2.13. The number of aliphatic hydroxyl groups is 1. The maximum atomic E-state index is 12.1. The lowest BCUT2D eigenvalue weighted by Gasteiger charge is -2.21. The fourth-order valence-corrected chi connectivity index (χ4v) is 2.02. The molecule has 0 aliphatic heterocycles. The molecule has 0 unspecified atom stereocenters. The zero-order valence-electron chi connectivity index (χ0n) is 12.8. The molecule has 0 radical (unpaired) electrons. The van der Waals surface area contributed by atoms with E-state index in [4.69, 9.17) is 5.11 Å². The summed E-state index contributed by atoms with van der Waals surface area (Å²) in [5, 5.41) is 11.7. The van der Waals surface area contributed by atoms with E-state index in [0.717, 1.165) is 24.8 Å². The summed E-state index contributed by atoms with van der Waals surface area (Å²) in [6, 6.07) is 7.30. The number of carbonyl (C=O) groups excluding carboxylic acids is 2. The molecule has 0 saturated heterocycles. The monoisotopic (exact) mass is 292 g/mol. The summed E-state index contributed by atoms with van der Waals surface area (Å²) < 4.78 is 0. The first kappa shape index (κ1) is 17.2. The van der Waals surface area contributed by atoms with E-state index in [-0.39, 0.29) is 13.2 Å². The van der Waals surface area contributed by atoms with Gasteiger partial charge >= 0.3 is 11.8 Å². The van der Waals surface area contributed by atoms with Crippen LogP contribution in [0.1, 0.15) is 31.7 Å². The first-order chi connectivity index (χ1) is 10.1. The number of amides is 2. The number of benzene rings is 1. The van der Waals surface area contributed by atoms with Crippen molar-refractivity contribution in [2.24, 2.45) is 0 Å². The number of carbonyl (C=O) groups is 2. The van der Waals surface area contributed by atoms with Crippen molar-refractivity contribution in [1.29, 1.82) is 0 Å². The van der Waals surface area contributed by atoms with Crippen LogP contribution in [0.15, 0.2) is 24.3 Å². The zero-order chi connectivity index (χ0) is 15.7. The topological polar surface area (TPSA) is 69.6 Å². The third-order valence-corrected chi connectivity index (χ3v) is 3.28. The summed E-state index contributed by atoms with van der Waals surface area (Å²) in [5.41, 5.74) is 1.53. The second kappa shape index (κ2) is 9.13. The number of nitrogens with zero attached hydrogens (tertiary/aromatic N) is 1. The Hall–Kier alpha value is -1.88. The van der Waals surface area contributed by atoms with E-state index in [2.05, 4.69) is 12.2 Å². The van der Waals surface area contributed by atoms with Crippen LogP contribution in [0.4, 0.5) is 5.69 Å². The Balaban J connectivity index is 2.65. The molecule has 5 heteroatoms. The lowest BCUT2D eigenvalue weighted by Crippen LogP contribution is -2.41. The fourth-order valence-electron chi connectivity index (χ4n) is 2.02. The number of hydrogen-bond acceptors (Lipinski definition) is 3. The van der Waals surface area contributed by atoms with Gasteiger partial charge in [-0.15, -0.1) is 0 Å². The smallest absolute Gasteiger partial charge is 0.313 e. The molecule has 0 saturated carbocycles. The van der Waals surface area contributed by atoms with Crippen molar-refractivity contribution in [2.45, 2.75) is 33.1 Å². The highest BCUT2D eigenvalue weighted by Gasteiger charge is 2.21. The van der Waals surface area contributed by atoms with Gasteiger partial charge in [0.15, 0.2) is 0 Å². The lowest BCUT2D eigenvalue weighted by atomic mass is 10.2. The number of hydrogen-bond donors (Lipinski definition) is 2. The van der Waals surface area contributed by atoms with Crippen LogP contribution in [-0.4, -0.2) is 41.5 Å². The summed E-state index contributed by atoms with van der Waals surface area (Å²) in [5.74, 6) is -1.25. The van der Waals surface area contributed by atoms with Crippen LogP contribution in [0, 0.1) is 6.92 Å². The van der Waals surface area contributed by atoms with Gasteiger partial charge in [0.25, 0.3) is 0 Å². The standard InChI is InChI=1S/C16H24N2O3/c1-3-4-7-10-18(11-12-19)16(21)15(20)17-14-9-6-5-8-13(14)2/h5-6,8-9,19H,3-4,7,10-12H2,1-2H3,(H,17,20). The Kier molecular flexibility index (Phi) is 7.46. The molecule has 1 aromatic rings. The molecule has 2 amide bonds. The quantitative estimate of drug-likeness (QED) is 0.596. The molecule has 0 fully saturated rings. The Morgan fingerprint density at radius 2 is 1.90 bits per heavy atom. The Bertz CT molecular complexity index is 474. The van der Waals surface area contributed by atoms with Crippen molar-refractivity contribution in [3.05, 3.63) is 29.8 Å². The molecule has 0 spiro atoms. The molecule has 116 valence electrons. The van der Waals surface area contributed by atoms with Gasteiger partial charge in [0, 0.05) is 18.8 Å². The molecule has 21 heavy (non-hydrogen) atoms. The van der Waals surface area contributed by atoms with Crippen LogP contribution in [0.25, 0.3) is 0 Å². The molecule has 5 nitrogen and oxygen atoms in total. The largest absolute Gasteiger partial charge is 0.395 e. The van der Waals surface area contributed by atoms with E-state index in [1.165, 1.54) is 4.90 Å². The van der Waals surface area contributed by atoms with Gasteiger partial charge in [-0.25, -0.2) is 0 Å². The van der Waals surface area contributed by atoms with Crippen LogP contribution in [0.5, 0.6) is 0 Å². The molecule has 1 aromatic carbocycles. The molecule has 0 aliphatic carbocycles. The minimum absolute atomic E-state index is 0.143. The van der Waals surface area contributed by atoms with Crippen LogP contribution >= 0.6 is 0 Å². The Morgan fingerprint density at radius 1 is 1.19 bits per heavy atom. The van der Waals surface area contributed by atoms with Gasteiger partial charge in [0.2, 0.25) is 0 Å². The molecular formula is C16H24N2O3. The number of rotatable bonds is 7. The maximum absolute atomic E-state index is 12.1. The van der Waals surface area contributed by atoms with Gasteiger partial charge in [-0.2, -0.15) is 0 Å². The van der Waals surface area contributed by atoms with Crippen molar-refractivity contribution < 1.29 is 14.7 Å². The van der Waals surface area contributed by atoms with Crippen LogP contribution in [0.3, 0.4) is 0 Å². The van der Waals surface area contributed by atoms with Crippen molar-refractivity contribution in [3.63, 3.8) is 0 Å². The minimum atomic E-state index is -0.658. The van der Waals surface area contributed by atoms with E-state index >= 15 is 0 Å². The zero-order valence-corrected chi connectivity index (χ0v) is 12.8. The number of nitrogens with one attached hydrogen (secondary N) is 1. The van der Waals surface area contributed by atoms with Crippen molar-refractivity contribution >= 4 is 17.5 Å². The average Bonchev–Trinajstić information content (AvgIpc) is 2.48. The highest BCUT2D eigenvalue weighted by atomic mass is 16.3. The first-order valence-corrected chi connectivity index (χ1v) is 7.36. The van der Waals surface area contributed by atoms with Crippen LogP contribution < -0.4 is 5.32 Å². The summed E-state index contributed by atoms with van der Waals surface area (Å²) >= 11 is 0. The van der Waals surface area contributed by atoms with E-state index < -0.39 is 11.8 Å². The van der Waals surface area contributed by atoms with E-state index in [0.29, 0.717) is 12.2 Å². The molecule has 0 aliphatic rings. The summed E-state index contributed by atoms with van der Waals surface area (Å²) in [6.45, 7) is 4.48.